The number of aromatic nitrogens is 2. The number of anilines is 1. The molecule has 2 N–H and O–H groups in total. The van der Waals surface area contributed by atoms with Crippen molar-refractivity contribution >= 4 is 21.6 Å². The van der Waals surface area contributed by atoms with Crippen LogP contribution in [0.4, 0.5) is 5.69 Å². The number of aromatic amines is 1. The van der Waals surface area contributed by atoms with Crippen molar-refractivity contribution in [3.63, 3.8) is 0 Å². The lowest BCUT2D eigenvalue weighted by Crippen LogP contribution is -2.06. The van der Waals surface area contributed by atoms with Crippen molar-refractivity contribution in [2.24, 2.45) is 0 Å². The molecule has 0 aliphatic carbocycles. The van der Waals surface area contributed by atoms with Crippen molar-refractivity contribution < 1.29 is 0 Å². The zero-order chi connectivity index (χ0) is 11.5. The Morgan fingerprint density at radius 3 is 2.56 bits per heavy atom. The number of nitrogens with zero attached hydrogens (tertiary/aromatic N) is 1. The van der Waals surface area contributed by atoms with Crippen LogP contribution in [-0.2, 0) is 0 Å². The molecule has 4 heteroatoms. The van der Waals surface area contributed by atoms with Crippen LogP contribution in [0.5, 0.6) is 0 Å². The zero-order valence-corrected chi connectivity index (χ0v) is 10.9. The predicted molar refractivity (Wildman–Crippen MR) is 69.5 cm³/mol. The summed E-state index contributed by atoms with van der Waals surface area (Å²) in [6.07, 6.45) is 1.87. The Labute approximate surface area is 103 Å². The van der Waals surface area contributed by atoms with Crippen LogP contribution < -0.4 is 5.32 Å². The van der Waals surface area contributed by atoms with Crippen LogP contribution in [0.2, 0.25) is 0 Å². The molecule has 0 spiro atoms. The van der Waals surface area contributed by atoms with E-state index in [1.165, 1.54) is 5.56 Å². The number of halogens is 1. The molecular weight excluding hydrogens is 266 g/mol. The maximum Gasteiger partial charge on any atom is 0.0542 e. The van der Waals surface area contributed by atoms with Gasteiger partial charge in [0.2, 0.25) is 0 Å². The number of rotatable bonds is 3. The van der Waals surface area contributed by atoms with Gasteiger partial charge in [-0.1, -0.05) is 15.9 Å². The molecule has 1 unspecified atom stereocenters. The van der Waals surface area contributed by atoms with Gasteiger partial charge in [-0.25, -0.2) is 0 Å². The second kappa shape index (κ2) is 4.70. The van der Waals surface area contributed by atoms with E-state index in [1.54, 1.807) is 0 Å². The average molecular weight is 280 g/mol. The molecule has 1 heterocycles. The molecule has 0 saturated carbocycles. The van der Waals surface area contributed by atoms with Gasteiger partial charge < -0.3 is 5.32 Å². The summed E-state index contributed by atoms with van der Waals surface area (Å²) in [6.45, 7) is 4.15. The number of nitrogens with one attached hydrogen (secondary N) is 2. The molecule has 0 bridgehead atoms. The van der Waals surface area contributed by atoms with Crippen LogP contribution in [-0.4, -0.2) is 10.2 Å². The summed E-state index contributed by atoms with van der Waals surface area (Å²) < 4.78 is 1.09. The van der Waals surface area contributed by atoms with E-state index in [4.69, 9.17) is 0 Å². The molecule has 0 radical (unpaired) electrons. The topological polar surface area (TPSA) is 40.7 Å². The van der Waals surface area contributed by atoms with E-state index in [2.05, 4.69) is 50.5 Å². The second-order valence-electron chi connectivity index (χ2n) is 3.82. The predicted octanol–water partition coefficient (Wildman–Crippen LogP) is 3.65. The van der Waals surface area contributed by atoms with E-state index in [-0.39, 0.29) is 6.04 Å². The average Bonchev–Trinajstić information content (AvgIpc) is 2.68. The summed E-state index contributed by atoms with van der Waals surface area (Å²) in [5, 5.41) is 10.4. The number of hydrogen-bond acceptors (Lipinski definition) is 2. The summed E-state index contributed by atoms with van der Waals surface area (Å²) in [5.74, 6) is 0. The van der Waals surface area contributed by atoms with Gasteiger partial charge in [0.1, 0.15) is 0 Å². The first kappa shape index (κ1) is 11.2. The molecule has 0 amide bonds. The van der Waals surface area contributed by atoms with Gasteiger partial charge in [0.05, 0.1) is 12.2 Å². The van der Waals surface area contributed by atoms with Crippen LogP contribution in [0, 0.1) is 6.92 Å². The van der Waals surface area contributed by atoms with E-state index in [1.807, 2.05) is 25.3 Å². The van der Waals surface area contributed by atoms with Crippen molar-refractivity contribution in [3.05, 3.63) is 46.2 Å². The summed E-state index contributed by atoms with van der Waals surface area (Å²) in [7, 11) is 0. The fourth-order valence-electron chi connectivity index (χ4n) is 1.67. The van der Waals surface area contributed by atoms with Crippen molar-refractivity contribution in [1.29, 1.82) is 0 Å². The number of hydrogen-bond donors (Lipinski definition) is 2. The van der Waals surface area contributed by atoms with Gasteiger partial charge in [-0.15, -0.1) is 0 Å². The Balaban J connectivity index is 2.10. The Bertz CT molecular complexity index is 461. The molecule has 0 saturated heterocycles. The Kier molecular flexibility index (Phi) is 3.29. The van der Waals surface area contributed by atoms with Crippen LogP contribution in [0.25, 0.3) is 0 Å². The Hall–Kier alpha value is -1.29. The molecule has 0 aliphatic rings. The first-order valence-corrected chi connectivity index (χ1v) is 5.98. The number of aryl methyl sites for hydroxylation is 1. The highest BCUT2D eigenvalue weighted by atomic mass is 79.9. The normalized spacial score (nSPS) is 12.4. The zero-order valence-electron chi connectivity index (χ0n) is 9.29. The number of H-pyrrole nitrogens is 1. The van der Waals surface area contributed by atoms with Gasteiger partial charge in [-0.3, -0.25) is 5.10 Å². The highest BCUT2D eigenvalue weighted by Crippen LogP contribution is 2.21. The molecule has 1 atom stereocenters. The first-order chi connectivity index (χ1) is 7.66. The highest BCUT2D eigenvalue weighted by Gasteiger charge is 2.09. The van der Waals surface area contributed by atoms with E-state index in [9.17, 15) is 0 Å². The van der Waals surface area contributed by atoms with Gasteiger partial charge in [0, 0.05) is 21.4 Å². The molecule has 84 valence electrons. The molecular formula is C12H14BrN3. The summed E-state index contributed by atoms with van der Waals surface area (Å²) in [4.78, 5) is 0. The summed E-state index contributed by atoms with van der Waals surface area (Å²) in [5.41, 5.74) is 3.41. The molecule has 16 heavy (non-hydrogen) atoms. The minimum atomic E-state index is 0.250. The third-order valence-electron chi connectivity index (χ3n) is 2.56. The van der Waals surface area contributed by atoms with Crippen molar-refractivity contribution in [3.8, 4) is 0 Å². The van der Waals surface area contributed by atoms with Crippen molar-refractivity contribution in [2.45, 2.75) is 19.9 Å². The second-order valence-corrected chi connectivity index (χ2v) is 4.74. The molecule has 1 aromatic carbocycles. The molecule has 2 rings (SSSR count). The molecule has 1 aromatic heterocycles. The first-order valence-electron chi connectivity index (χ1n) is 5.19. The van der Waals surface area contributed by atoms with Gasteiger partial charge in [-0.2, -0.15) is 5.10 Å². The monoisotopic (exact) mass is 279 g/mol. The largest absolute Gasteiger partial charge is 0.378 e. The summed E-state index contributed by atoms with van der Waals surface area (Å²) >= 11 is 3.42. The minimum absolute atomic E-state index is 0.250. The minimum Gasteiger partial charge on any atom is -0.378 e. The molecule has 0 fully saturated rings. The Morgan fingerprint density at radius 2 is 2.00 bits per heavy atom. The van der Waals surface area contributed by atoms with Crippen LogP contribution in [0.1, 0.15) is 24.2 Å². The molecule has 2 aromatic rings. The van der Waals surface area contributed by atoms with Crippen molar-refractivity contribution in [2.75, 3.05) is 5.32 Å². The lowest BCUT2D eigenvalue weighted by Gasteiger charge is -2.14. The third-order valence-corrected chi connectivity index (χ3v) is 3.09. The Morgan fingerprint density at radius 1 is 1.31 bits per heavy atom. The van der Waals surface area contributed by atoms with Gasteiger partial charge in [0.25, 0.3) is 0 Å². The fourth-order valence-corrected chi connectivity index (χ4v) is 1.93. The highest BCUT2D eigenvalue weighted by molar-refractivity contribution is 9.10. The van der Waals surface area contributed by atoms with E-state index >= 15 is 0 Å². The van der Waals surface area contributed by atoms with E-state index in [0.29, 0.717) is 0 Å². The van der Waals surface area contributed by atoms with Crippen LogP contribution >= 0.6 is 15.9 Å². The smallest absolute Gasteiger partial charge is 0.0542 e. The van der Waals surface area contributed by atoms with Gasteiger partial charge in [0.15, 0.2) is 0 Å². The van der Waals surface area contributed by atoms with Gasteiger partial charge >= 0.3 is 0 Å². The van der Waals surface area contributed by atoms with E-state index in [0.717, 1.165) is 15.9 Å². The molecule has 0 aliphatic heterocycles. The van der Waals surface area contributed by atoms with Crippen LogP contribution in [0.15, 0.2) is 34.9 Å². The number of benzene rings is 1. The lowest BCUT2D eigenvalue weighted by molar-refractivity contribution is 0.874. The maximum atomic E-state index is 4.03. The lowest BCUT2D eigenvalue weighted by atomic mass is 10.1. The quantitative estimate of drug-likeness (QED) is 0.900. The van der Waals surface area contributed by atoms with Gasteiger partial charge in [-0.05, 0) is 38.1 Å². The summed E-state index contributed by atoms with van der Waals surface area (Å²) in [6, 6.07) is 8.40. The van der Waals surface area contributed by atoms with E-state index < -0.39 is 0 Å². The SMILES string of the molecule is Cc1[nH]ncc1C(C)Nc1ccc(Br)cc1. The molecule has 3 nitrogen and oxygen atoms in total. The maximum absolute atomic E-state index is 4.03. The van der Waals surface area contributed by atoms with Crippen LogP contribution in [0.3, 0.4) is 0 Å². The third kappa shape index (κ3) is 2.44. The van der Waals surface area contributed by atoms with Crippen molar-refractivity contribution in [1.82, 2.24) is 10.2 Å². The standard InChI is InChI=1S/C12H14BrN3/c1-8(12-7-14-16-9(12)2)15-11-5-3-10(13)4-6-11/h3-8,15H,1-2H3,(H,14,16). The fraction of sp³-hybridized carbons (Fsp3) is 0.250.